The highest BCUT2D eigenvalue weighted by Crippen LogP contribution is 2.17. The Kier molecular flexibility index (Phi) is 6.23. The van der Waals surface area contributed by atoms with Gasteiger partial charge < -0.3 is 10.6 Å². The molecular weight excluding hydrogens is 326 g/mol. The van der Waals surface area contributed by atoms with Gasteiger partial charge in [0.15, 0.2) is 0 Å². The van der Waals surface area contributed by atoms with Crippen LogP contribution < -0.4 is 10.6 Å². The fraction of sp³-hybridized carbons (Fsp3) is 0.588. The molecule has 1 heterocycles. The first-order valence-corrected chi connectivity index (χ1v) is 10.0. The summed E-state index contributed by atoms with van der Waals surface area (Å²) in [4.78, 5) is 12.2. The van der Waals surface area contributed by atoms with Gasteiger partial charge in [-0.3, -0.25) is 0 Å². The number of urea groups is 1. The number of amides is 2. The van der Waals surface area contributed by atoms with Crippen LogP contribution in [0.2, 0.25) is 0 Å². The molecule has 134 valence electrons. The number of nitrogens with zero attached hydrogens (tertiary/aromatic N) is 1. The molecule has 1 aliphatic rings. The van der Waals surface area contributed by atoms with Crippen molar-refractivity contribution in [1.29, 1.82) is 0 Å². The third-order valence-corrected chi connectivity index (χ3v) is 6.43. The summed E-state index contributed by atoms with van der Waals surface area (Å²) in [6, 6.07) is 7.70. The number of carbonyl (C=O) groups is 1. The van der Waals surface area contributed by atoms with E-state index in [4.69, 9.17) is 0 Å². The van der Waals surface area contributed by atoms with Crippen molar-refractivity contribution in [3.05, 3.63) is 35.4 Å². The highest BCUT2D eigenvalue weighted by Gasteiger charge is 2.27. The molecule has 0 radical (unpaired) electrons. The molecule has 2 rings (SSSR count). The van der Waals surface area contributed by atoms with Crippen LogP contribution in [0.25, 0.3) is 0 Å². The molecule has 2 N–H and O–H groups in total. The van der Waals surface area contributed by atoms with Crippen LogP contribution in [-0.2, 0) is 10.0 Å². The molecule has 0 aliphatic carbocycles. The molecule has 0 saturated carbocycles. The summed E-state index contributed by atoms with van der Waals surface area (Å²) in [5.41, 5.74) is 2.24. The van der Waals surface area contributed by atoms with Crippen LogP contribution in [0.4, 0.5) is 4.79 Å². The summed E-state index contributed by atoms with van der Waals surface area (Å²) in [5.74, 6) is 0.125. The van der Waals surface area contributed by atoms with Gasteiger partial charge >= 0.3 is 6.03 Å². The zero-order valence-corrected chi connectivity index (χ0v) is 15.4. The maximum Gasteiger partial charge on any atom is 0.315 e. The number of carbonyl (C=O) groups excluding carboxylic acids is 1. The summed E-state index contributed by atoms with van der Waals surface area (Å²) in [5, 5.41) is 5.91. The number of rotatable bonds is 5. The lowest BCUT2D eigenvalue weighted by Crippen LogP contribution is -2.49. The third-order valence-electron chi connectivity index (χ3n) is 4.55. The van der Waals surface area contributed by atoms with Crippen molar-refractivity contribution < 1.29 is 13.2 Å². The molecular formula is C17H27N3O3S. The second-order valence-corrected chi connectivity index (χ2v) is 8.53. The van der Waals surface area contributed by atoms with Crippen LogP contribution >= 0.6 is 0 Å². The number of sulfonamides is 1. The van der Waals surface area contributed by atoms with Crippen LogP contribution in [0.1, 0.15) is 43.9 Å². The fourth-order valence-corrected chi connectivity index (χ4v) is 4.17. The maximum absolute atomic E-state index is 12.2. The average molecular weight is 353 g/mol. The Bertz CT molecular complexity index is 667. The second-order valence-electron chi connectivity index (χ2n) is 6.27. The Morgan fingerprint density at radius 1 is 1.29 bits per heavy atom. The van der Waals surface area contributed by atoms with E-state index in [0.29, 0.717) is 25.9 Å². The van der Waals surface area contributed by atoms with Crippen molar-refractivity contribution in [2.45, 2.75) is 45.7 Å². The van der Waals surface area contributed by atoms with Crippen molar-refractivity contribution >= 4 is 16.1 Å². The van der Waals surface area contributed by atoms with Gasteiger partial charge in [-0.1, -0.05) is 24.3 Å². The summed E-state index contributed by atoms with van der Waals surface area (Å²) in [7, 11) is -3.13. The lowest BCUT2D eigenvalue weighted by atomic mass is 10.0. The predicted octanol–water partition coefficient (Wildman–Crippen LogP) is 2.17. The molecule has 6 nitrogen and oxygen atoms in total. The van der Waals surface area contributed by atoms with E-state index in [1.807, 2.05) is 38.1 Å². The second kappa shape index (κ2) is 7.98. The van der Waals surface area contributed by atoms with Gasteiger partial charge in [-0.25, -0.2) is 17.5 Å². The minimum absolute atomic E-state index is 0.0115. The van der Waals surface area contributed by atoms with E-state index in [-0.39, 0.29) is 23.9 Å². The first-order valence-electron chi connectivity index (χ1n) is 8.44. The first-order chi connectivity index (χ1) is 11.3. The summed E-state index contributed by atoms with van der Waals surface area (Å²) in [6.07, 6.45) is 1.29. The Balaban J connectivity index is 1.83. The number of hydrogen-bond donors (Lipinski definition) is 2. The minimum Gasteiger partial charge on any atom is -0.335 e. The van der Waals surface area contributed by atoms with E-state index in [2.05, 4.69) is 10.6 Å². The summed E-state index contributed by atoms with van der Waals surface area (Å²) < 4.78 is 25.2. The van der Waals surface area contributed by atoms with Gasteiger partial charge in [-0.15, -0.1) is 0 Å². The molecule has 0 spiro atoms. The number of benzene rings is 1. The standard InChI is InChI=1S/C17H27N3O3S/c1-4-24(22,23)20-11-9-15(10-12-20)19-17(21)18-14(3)16-8-6-5-7-13(16)2/h5-8,14-15H,4,9-12H2,1-3H3,(H2,18,19,21). The third kappa shape index (κ3) is 4.70. The van der Waals surface area contributed by atoms with Gasteiger partial charge in [0.1, 0.15) is 0 Å². The van der Waals surface area contributed by atoms with Gasteiger partial charge in [-0.2, -0.15) is 0 Å². The van der Waals surface area contributed by atoms with Gasteiger partial charge in [0.25, 0.3) is 0 Å². The van der Waals surface area contributed by atoms with Crippen LogP contribution in [0, 0.1) is 6.92 Å². The monoisotopic (exact) mass is 353 g/mol. The van der Waals surface area contributed by atoms with Crippen molar-refractivity contribution in [2.75, 3.05) is 18.8 Å². The zero-order chi connectivity index (χ0) is 17.7. The minimum atomic E-state index is -3.13. The van der Waals surface area contributed by atoms with Gasteiger partial charge in [0.2, 0.25) is 10.0 Å². The van der Waals surface area contributed by atoms with Crippen LogP contribution in [-0.4, -0.2) is 43.6 Å². The van der Waals surface area contributed by atoms with Crippen LogP contribution in [0.3, 0.4) is 0 Å². The summed E-state index contributed by atoms with van der Waals surface area (Å²) in [6.45, 7) is 6.57. The van der Waals surface area contributed by atoms with E-state index in [0.717, 1.165) is 11.1 Å². The molecule has 1 saturated heterocycles. The molecule has 1 atom stereocenters. The number of piperidine rings is 1. The molecule has 0 aromatic heterocycles. The quantitative estimate of drug-likeness (QED) is 0.851. The Labute approximate surface area is 144 Å². The molecule has 1 aliphatic heterocycles. The molecule has 2 amide bonds. The van der Waals surface area contributed by atoms with Crippen LogP contribution in [0.5, 0.6) is 0 Å². The topological polar surface area (TPSA) is 78.5 Å². The zero-order valence-electron chi connectivity index (χ0n) is 14.6. The van der Waals surface area contributed by atoms with E-state index in [9.17, 15) is 13.2 Å². The average Bonchev–Trinajstić information content (AvgIpc) is 2.55. The smallest absolute Gasteiger partial charge is 0.315 e. The van der Waals surface area contributed by atoms with E-state index in [1.54, 1.807) is 6.92 Å². The fourth-order valence-electron chi connectivity index (χ4n) is 3.03. The summed E-state index contributed by atoms with van der Waals surface area (Å²) >= 11 is 0. The highest BCUT2D eigenvalue weighted by molar-refractivity contribution is 7.89. The number of hydrogen-bond acceptors (Lipinski definition) is 3. The normalized spacial score (nSPS) is 18.1. The molecule has 1 aromatic rings. The predicted molar refractivity (Wildman–Crippen MR) is 95.3 cm³/mol. The molecule has 1 unspecified atom stereocenters. The Morgan fingerprint density at radius 3 is 2.50 bits per heavy atom. The van der Waals surface area contributed by atoms with Crippen LogP contribution in [0.15, 0.2) is 24.3 Å². The molecule has 1 fully saturated rings. The van der Waals surface area contributed by atoms with Crippen molar-refractivity contribution in [3.63, 3.8) is 0 Å². The maximum atomic E-state index is 12.2. The van der Waals surface area contributed by atoms with Gasteiger partial charge in [0.05, 0.1) is 11.8 Å². The lowest BCUT2D eigenvalue weighted by Gasteiger charge is -2.31. The van der Waals surface area contributed by atoms with E-state index >= 15 is 0 Å². The molecule has 0 bridgehead atoms. The van der Waals surface area contributed by atoms with Gasteiger partial charge in [-0.05, 0) is 44.7 Å². The van der Waals surface area contributed by atoms with Crippen molar-refractivity contribution in [3.8, 4) is 0 Å². The lowest BCUT2D eigenvalue weighted by molar-refractivity contribution is 0.225. The van der Waals surface area contributed by atoms with E-state index in [1.165, 1.54) is 4.31 Å². The van der Waals surface area contributed by atoms with Crippen molar-refractivity contribution in [2.24, 2.45) is 0 Å². The molecule has 1 aromatic carbocycles. The van der Waals surface area contributed by atoms with Crippen molar-refractivity contribution in [1.82, 2.24) is 14.9 Å². The number of aryl methyl sites for hydroxylation is 1. The molecule has 7 heteroatoms. The SMILES string of the molecule is CCS(=O)(=O)N1CCC(NC(=O)NC(C)c2ccccc2C)CC1. The molecule has 24 heavy (non-hydrogen) atoms. The number of nitrogens with one attached hydrogen (secondary N) is 2. The van der Waals surface area contributed by atoms with E-state index < -0.39 is 10.0 Å². The highest BCUT2D eigenvalue weighted by atomic mass is 32.2. The Hall–Kier alpha value is -1.60. The van der Waals surface area contributed by atoms with Gasteiger partial charge in [0, 0.05) is 19.1 Å². The first kappa shape index (κ1) is 18.7. The largest absolute Gasteiger partial charge is 0.335 e. The Morgan fingerprint density at radius 2 is 1.92 bits per heavy atom.